The minimum atomic E-state index is -0.532. The molecule has 1 heterocycles. The number of aliphatic hydroxyl groups excluding tert-OH is 1. The van der Waals surface area contributed by atoms with E-state index in [0.29, 0.717) is 5.56 Å². The van der Waals surface area contributed by atoms with Crippen molar-refractivity contribution in [2.75, 3.05) is 6.54 Å². The van der Waals surface area contributed by atoms with Crippen LogP contribution in [0.3, 0.4) is 0 Å². The normalized spacial score (nSPS) is 12.2. The lowest BCUT2D eigenvalue weighted by Crippen LogP contribution is -2.31. The Morgan fingerprint density at radius 3 is 3.00 bits per heavy atom. The molecular weight excluding hydrogens is 180 g/mol. The van der Waals surface area contributed by atoms with Crippen molar-refractivity contribution in [2.45, 2.75) is 20.0 Å². The highest BCUT2D eigenvalue weighted by Gasteiger charge is 2.08. The molecule has 1 aromatic rings. The number of aromatic nitrogens is 1. The number of carbonyl (C=O) groups excluding carboxylic acids is 1. The second kappa shape index (κ2) is 4.72. The molecule has 0 aliphatic carbocycles. The Morgan fingerprint density at radius 1 is 1.71 bits per heavy atom. The molecule has 1 atom stereocenters. The highest BCUT2D eigenvalue weighted by molar-refractivity contribution is 5.95. The molecule has 4 heteroatoms. The van der Waals surface area contributed by atoms with Crippen molar-refractivity contribution in [1.82, 2.24) is 10.3 Å². The maximum Gasteiger partial charge on any atom is 0.253 e. The van der Waals surface area contributed by atoms with Crippen molar-refractivity contribution in [3.8, 4) is 0 Å². The summed E-state index contributed by atoms with van der Waals surface area (Å²) in [4.78, 5) is 15.4. The predicted octanol–water partition coefficient (Wildman–Crippen LogP) is 0.501. The molecule has 0 saturated heterocycles. The zero-order valence-corrected chi connectivity index (χ0v) is 8.32. The molecule has 0 radical (unpaired) electrons. The van der Waals surface area contributed by atoms with Crippen LogP contribution in [0, 0.1) is 6.92 Å². The van der Waals surface area contributed by atoms with Gasteiger partial charge in [-0.1, -0.05) is 0 Å². The molecule has 4 nitrogen and oxygen atoms in total. The van der Waals surface area contributed by atoms with Crippen molar-refractivity contribution < 1.29 is 9.90 Å². The van der Waals surface area contributed by atoms with E-state index < -0.39 is 6.10 Å². The summed E-state index contributed by atoms with van der Waals surface area (Å²) in [6.45, 7) is 3.72. The number of pyridine rings is 1. The first-order valence-electron chi connectivity index (χ1n) is 4.48. The molecule has 0 aromatic carbocycles. The number of hydrogen-bond donors (Lipinski definition) is 2. The molecule has 1 rings (SSSR count). The Hall–Kier alpha value is -1.42. The third-order valence-electron chi connectivity index (χ3n) is 1.84. The van der Waals surface area contributed by atoms with Gasteiger partial charge in [0.2, 0.25) is 0 Å². The summed E-state index contributed by atoms with van der Waals surface area (Å²) in [6, 6.07) is 1.78. The molecule has 0 saturated carbocycles. The highest BCUT2D eigenvalue weighted by Crippen LogP contribution is 2.03. The molecule has 1 unspecified atom stereocenters. The van der Waals surface area contributed by atoms with E-state index in [1.165, 1.54) is 6.20 Å². The van der Waals surface area contributed by atoms with Crippen LogP contribution in [0.1, 0.15) is 22.8 Å². The van der Waals surface area contributed by atoms with E-state index >= 15 is 0 Å². The summed E-state index contributed by atoms with van der Waals surface area (Å²) in [5.41, 5.74) is 1.43. The van der Waals surface area contributed by atoms with Crippen molar-refractivity contribution in [3.63, 3.8) is 0 Å². The zero-order valence-electron chi connectivity index (χ0n) is 8.32. The molecule has 76 valence electrons. The topological polar surface area (TPSA) is 62.2 Å². The lowest BCUT2D eigenvalue weighted by Gasteiger charge is -2.08. The van der Waals surface area contributed by atoms with Crippen molar-refractivity contribution >= 4 is 5.91 Å². The third kappa shape index (κ3) is 2.81. The fraction of sp³-hybridized carbons (Fsp3) is 0.400. The van der Waals surface area contributed by atoms with E-state index in [9.17, 15) is 4.79 Å². The fourth-order valence-corrected chi connectivity index (χ4v) is 1.04. The summed E-state index contributed by atoms with van der Waals surface area (Å²) in [5, 5.41) is 11.6. The van der Waals surface area contributed by atoms with Crippen LogP contribution in [0.4, 0.5) is 0 Å². The van der Waals surface area contributed by atoms with Gasteiger partial charge in [0.25, 0.3) is 5.91 Å². The first-order valence-corrected chi connectivity index (χ1v) is 4.48. The highest BCUT2D eigenvalue weighted by atomic mass is 16.3. The van der Waals surface area contributed by atoms with Gasteiger partial charge in [0.1, 0.15) is 0 Å². The SMILES string of the molecule is Cc1ccncc1C(=O)NCC(C)O. The fourth-order valence-electron chi connectivity index (χ4n) is 1.04. The van der Waals surface area contributed by atoms with Gasteiger partial charge in [-0.3, -0.25) is 9.78 Å². The maximum absolute atomic E-state index is 11.5. The number of rotatable bonds is 3. The molecule has 14 heavy (non-hydrogen) atoms. The molecule has 0 bridgehead atoms. The first kappa shape index (κ1) is 10.7. The quantitative estimate of drug-likeness (QED) is 0.736. The summed E-state index contributed by atoms with van der Waals surface area (Å²) in [6.07, 6.45) is 2.63. The van der Waals surface area contributed by atoms with Gasteiger partial charge in [-0.15, -0.1) is 0 Å². The van der Waals surface area contributed by atoms with E-state index in [4.69, 9.17) is 5.11 Å². The number of aryl methyl sites for hydroxylation is 1. The van der Waals surface area contributed by atoms with Gasteiger partial charge in [-0.2, -0.15) is 0 Å². The minimum absolute atomic E-state index is 0.198. The van der Waals surface area contributed by atoms with Crippen molar-refractivity contribution in [2.24, 2.45) is 0 Å². The van der Waals surface area contributed by atoms with Gasteiger partial charge in [-0.05, 0) is 25.5 Å². The van der Waals surface area contributed by atoms with Crippen LogP contribution in [-0.2, 0) is 0 Å². The molecular formula is C10H14N2O2. The Bertz CT molecular complexity index is 324. The Kier molecular flexibility index (Phi) is 3.59. The van der Waals surface area contributed by atoms with Crippen LogP contribution in [0.2, 0.25) is 0 Å². The molecule has 0 aliphatic heterocycles. The predicted molar refractivity (Wildman–Crippen MR) is 53.0 cm³/mol. The Morgan fingerprint density at radius 2 is 2.43 bits per heavy atom. The van der Waals surface area contributed by atoms with Crippen LogP contribution in [-0.4, -0.2) is 28.6 Å². The van der Waals surface area contributed by atoms with Crippen LogP contribution < -0.4 is 5.32 Å². The largest absolute Gasteiger partial charge is 0.392 e. The smallest absolute Gasteiger partial charge is 0.253 e. The second-order valence-electron chi connectivity index (χ2n) is 3.25. The Balaban J connectivity index is 2.65. The van der Waals surface area contributed by atoms with Gasteiger partial charge in [0.05, 0.1) is 11.7 Å². The van der Waals surface area contributed by atoms with Gasteiger partial charge in [0, 0.05) is 18.9 Å². The molecule has 0 spiro atoms. The lowest BCUT2D eigenvalue weighted by atomic mass is 10.1. The van der Waals surface area contributed by atoms with Gasteiger partial charge >= 0.3 is 0 Å². The minimum Gasteiger partial charge on any atom is -0.392 e. The zero-order chi connectivity index (χ0) is 10.6. The molecule has 2 N–H and O–H groups in total. The monoisotopic (exact) mass is 194 g/mol. The molecule has 1 aromatic heterocycles. The lowest BCUT2D eigenvalue weighted by molar-refractivity contribution is 0.0923. The van der Waals surface area contributed by atoms with E-state index in [1.54, 1.807) is 19.2 Å². The van der Waals surface area contributed by atoms with Gasteiger partial charge in [0.15, 0.2) is 0 Å². The summed E-state index contributed by atoms with van der Waals surface area (Å²) < 4.78 is 0. The maximum atomic E-state index is 11.5. The van der Waals surface area contributed by atoms with E-state index in [-0.39, 0.29) is 12.5 Å². The van der Waals surface area contributed by atoms with E-state index in [0.717, 1.165) is 5.56 Å². The number of carbonyl (C=O) groups is 1. The number of nitrogens with one attached hydrogen (secondary N) is 1. The van der Waals surface area contributed by atoms with Crippen LogP contribution in [0.15, 0.2) is 18.5 Å². The average Bonchev–Trinajstić information content (AvgIpc) is 2.15. The number of hydrogen-bond acceptors (Lipinski definition) is 3. The number of aliphatic hydroxyl groups is 1. The van der Waals surface area contributed by atoms with Crippen LogP contribution >= 0.6 is 0 Å². The molecule has 0 aliphatic rings. The number of nitrogens with zero attached hydrogens (tertiary/aromatic N) is 1. The Labute approximate surface area is 83.0 Å². The summed E-state index contributed by atoms with van der Waals surface area (Å²) in [5.74, 6) is -0.198. The third-order valence-corrected chi connectivity index (χ3v) is 1.84. The second-order valence-corrected chi connectivity index (χ2v) is 3.25. The molecule has 0 fully saturated rings. The summed E-state index contributed by atoms with van der Waals surface area (Å²) >= 11 is 0. The van der Waals surface area contributed by atoms with Crippen LogP contribution in [0.5, 0.6) is 0 Å². The first-order chi connectivity index (χ1) is 6.61. The van der Waals surface area contributed by atoms with Gasteiger partial charge in [-0.25, -0.2) is 0 Å². The average molecular weight is 194 g/mol. The van der Waals surface area contributed by atoms with Gasteiger partial charge < -0.3 is 10.4 Å². The van der Waals surface area contributed by atoms with E-state index in [2.05, 4.69) is 10.3 Å². The summed E-state index contributed by atoms with van der Waals surface area (Å²) in [7, 11) is 0. The van der Waals surface area contributed by atoms with Crippen molar-refractivity contribution in [1.29, 1.82) is 0 Å². The standard InChI is InChI=1S/C10H14N2O2/c1-7-3-4-11-6-9(7)10(14)12-5-8(2)13/h3-4,6,8,13H,5H2,1-2H3,(H,12,14). The van der Waals surface area contributed by atoms with Crippen LogP contribution in [0.25, 0.3) is 0 Å². The molecule has 1 amide bonds. The number of amides is 1. The van der Waals surface area contributed by atoms with E-state index in [1.807, 2.05) is 6.92 Å². The van der Waals surface area contributed by atoms with Crippen molar-refractivity contribution in [3.05, 3.63) is 29.6 Å².